The molecule has 6 heteroatoms. The molecule has 1 aromatic heterocycles. The molecule has 0 spiro atoms. The van der Waals surface area contributed by atoms with Crippen LogP contribution in [0.1, 0.15) is 12.1 Å². The number of benzene rings is 1. The highest BCUT2D eigenvalue weighted by Crippen LogP contribution is 2.14. The topological polar surface area (TPSA) is 53.5 Å². The smallest absolute Gasteiger partial charge is 0.211 e. The summed E-state index contributed by atoms with van der Waals surface area (Å²) in [6.07, 6.45) is 2.15. The van der Waals surface area contributed by atoms with E-state index in [9.17, 15) is 8.42 Å². The van der Waals surface area contributed by atoms with Gasteiger partial charge in [-0.25, -0.2) is 12.7 Å². The van der Waals surface area contributed by atoms with Crippen molar-refractivity contribution in [3.05, 3.63) is 42.1 Å². The van der Waals surface area contributed by atoms with Crippen molar-refractivity contribution in [2.75, 3.05) is 32.4 Å². The zero-order valence-electron chi connectivity index (χ0n) is 12.8. The van der Waals surface area contributed by atoms with Crippen molar-refractivity contribution in [2.45, 2.75) is 13.0 Å². The van der Waals surface area contributed by atoms with Gasteiger partial charge in [0.2, 0.25) is 10.0 Å². The summed E-state index contributed by atoms with van der Waals surface area (Å²) in [5.41, 5.74) is 2.04. The lowest BCUT2D eigenvalue weighted by atomic mass is 10.2. The highest BCUT2D eigenvalue weighted by atomic mass is 32.2. The first-order chi connectivity index (χ1) is 10.5. The second-order valence-electron chi connectivity index (χ2n) is 5.79. The Morgan fingerprint density at radius 3 is 2.68 bits per heavy atom. The van der Waals surface area contributed by atoms with Gasteiger partial charge in [-0.1, -0.05) is 24.3 Å². The summed E-state index contributed by atoms with van der Waals surface area (Å²) in [5, 5.41) is 1.14. The molecule has 1 aliphatic heterocycles. The first-order valence-electron chi connectivity index (χ1n) is 7.54. The average Bonchev–Trinajstić information content (AvgIpc) is 2.72. The van der Waals surface area contributed by atoms with Gasteiger partial charge in [0.25, 0.3) is 0 Å². The molecule has 0 atom stereocenters. The molecule has 1 saturated heterocycles. The second kappa shape index (κ2) is 6.32. The number of nitrogens with zero attached hydrogens (tertiary/aromatic N) is 3. The molecule has 1 aliphatic rings. The predicted molar refractivity (Wildman–Crippen MR) is 88.1 cm³/mol. The van der Waals surface area contributed by atoms with Gasteiger partial charge in [0, 0.05) is 31.6 Å². The third-order valence-corrected chi connectivity index (χ3v) is 5.36. The van der Waals surface area contributed by atoms with Crippen molar-refractivity contribution >= 4 is 20.9 Å². The van der Waals surface area contributed by atoms with Crippen LogP contribution in [0.3, 0.4) is 0 Å². The zero-order valence-corrected chi connectivity index (χ0v) is 13.6. The Balaban J connectivity index is 1.69. The molecule has 5 nitrogen and oxygen atoms in total. The lowest BCUT2D eigenvalue weighted by Crippen LogP contribution is -2.34. The third-order valence-electron chi connectivity index (χ3n) is 4.06. The summed E-state index contributed by atoms with van der Waals surface area (Å²) in [5.74, 6) is 0. The Morgan fingerprint density at radius 1 is 1.05 bits per heavy atom. The maximum atomic E-state index is 11.6. The Labute approximate surface area is 131 Å². The average molecular weight is 319 g/mol. The van der Waals surface area contributed by atoms with Gasteiger partial charge in [0.15, 0.2) is 0 Å². The number of fused-ring (bicyclic) bond motifs is 1. The van der Waals surface area contributed by atoms with Crippen LogP contribution in [0.15, 0.2) is 36.4 Å². The van der Waals surface area contributed by atoms with Crippen molar-refractivity contribution < 1.29 is 8.42 Å². The number of sulfonamides is 1. The number of pyridine rings is 1. The molecule has 0 radical (unpaired) electrons. The van der Waals surface area contributed by atoms with Crippen molar-refractivity contribution in [3.63, 3.8) is 0 Å². The maximum Gasteiger partial charge on any atom is 0.211 e. The number of hydrogen-bond acceptors (Lipinski definition) is 4. The van der Waals surface area contributed by atoms with Crippen LogP contribution in [0.2, 0.25) is 0 Å². The summed E-state index contributed by atoms with van der Waals surface area (Å²) >= 11 is 0. The van der Waals surface area contributed by atoms with Crippen LogP contribution in [0.4, 0.5) is 0 Å². The molecule has 3 rings (SSSR count). The predicted octanol–water partition coefficient (Wildman–Crippen LogP) is 1.70. The van der Waals surface area contributed by atoms with Crippen LogP contribution in [-0.4, -0.2) is 55.0 Å². The molecule has 0 saturated carbocycles. The maximum absolute atomic E-state index is 11.6. The minimum Gasteiger partial charge on any atom is -0.296 e. The van der Waals surface area contributed by atoms with E-state index in [2.05, 4.69) is 23.1 Å². The highest BCUT2D eigenvalue weighted by molar-refractivity contribution is 7.88. The van der Waals surface area contributed by atoms with Gasteiger partial charge in [-0.2, -0.15) is 0 Å². The Kier molecular flexibility index (Phi) is 4.42. The Morgan fingerprint density at radius 2 is 1.86 bits per heavy atom. The van der Waals surface area contributed by atoms with E-state index in [1.165, 1.54) is 6.26 Å². The molecule has 2 aromatic rings. The van der Waals surface area contributed by atoms with E-state index in [0.29, 0.717) is 13.1 Å². The lowest BCUT2D eigenvalue weighted by Gasteiger charge is -2.20. The van der Waals surface area contributed by atoms with E-state index in [0.717, 1.165) is 42.7 Å². The lowest BCUT2D eigenvalue weighted by molar-refractivity contribution is 0.276. The zero-order chi connectivity index (χ0) is 15.6. The Hall–Kier alpha value is -1.50. The van der Waals surface area contributed by atoms with E-state index < -0.39 is 10.0 Å². The minimum absolute atomic E-state index is 0.562. The van der Waals surface area contributed by atoms with Gasteiger partial charge in [0.05, 0.1) is 17.5 Å². The first-order valence-corrected chi connectivity index (χ1v) is 9.39. The van der Waals surface area contributed by atoms with Gasteiger partial charge in [-0.05, 0) is 25.1 Å². The SMILES string of the molecule is CS(=O)(=O)N1CCCN(Cc2ccc3ccccc3n2)CC1. The fourth-order valence-corrected chi connectivity index (χ4v) is 3.74. The molecular formula is C16H21N3O2S. The van der Waals surface area contributed by atoms with Crippen LogP contribution in [-0.2, 0) is 16.6 Å². The molecule has 0 N–H and O–H groups in total. The van der Waals surface area contributed by atoms with Gasteiger partial charge in [0.1, 0.15) is 0 Å². The van der Waals surface area contributed by atoms with E-state index in [1.807, 2.05) is 18.2 Å². The fourth-order valence-electron chi connectivity index (χ4n) is 2.86. The molecule has 1 aromatic carbocycles. The third kappa shape index (κ3) is 3.63. The Bertz CT molecular complexity index is 761. The minimum atomic E-state index is -3.08. The quantitative estimate of drug-likeness (QED) is 0.864. The molecule has 118 valence electrons. The standard InChI is InChI=1S/C16H21N3O2S/c1-22(20,21)19-10-4-9-18(11-12-19)13-15-8-7-14-5-2-3-6-16(14)17-15/h2-3,5-8H,4,9-13H2,1H3. The normalized spacial score (nSPS) is 18.4. The molecule has 22 heavy (non-hydrogen) atoms. The van der Waals surface area contributed by atoms with Crippen LogP contribution in [0.5, 0.6) is 0 Å². The number of rotatable bonds is 3. The molecule has 0 amide bonds. The number of aromatic nitrogens is 1. The van der Waals surface area contributed by atoms with Crippen LogP contribution in [0.25, 0.3) is 10.9 Å². The monoisotopic (exact) mass is 319 g/mol. The summed E-state index contributed by atoms with van der Waals surface area (Å²) < 4.78 is 24.9. The van der Waals surface area contributed by atoms with Gasteiger partial charge in [-0.3, -0.25) is 9.88 Å². The summed E-state index contributed by atoms with van der Waals surface area (Å²) in [7, 11) is -3.08. The van der Waals surface area contributed by atoms with Gasteiger partial charge >= 0.3 is 0 Å². The van der Waals surface area contributed by atoms with Crippen molar-refractivity contribution in [2.24, 2.45) is 0 Å². The largest absolute Gasteiger partial charge is 0.296 e. The van der Waals surface area contributed by atoms with Crippen LogP contribution in [0, 0.1) is 0 Å². The molecular weight excluding hydrogens is 298 g/mol. The summed E-state index contributed by atoms with van der Waals surface area (Å²) in [4.78, 5) is 6.97. The van der Waals surface area contributed by atoms with Gasteiger partial charge < -0.3 is 0 Å². The van der Waals surface area contributed by atoms with E-state index in [1.54, 1.807) is 4.31 Å². The molecule has 2 heterocycles. The summed E-state index contributed by atoms with van der Waals surface area (Å²) in [6.45, 7) is 3.59. The molecule has 0 aliphatic carbocycles. The van der Waals surface area contributed by atoms with E-state index in [-0.39, 0.29) is 0 Å². The van der Waals surface area contributed by atoms with Gasteiger partial charge in [-0.15, -0.1) is 0 Å². The van der Waals surface area contributed by atoms with Crippen molar-refractivity contribution in [1.82, 2.24) is 14.2 Å². The molecule has 0 bridgehead atoms. The van der Waals surface area contributed by atoms with Crippen molar-refractivity contribution in [1.29, 1.82) is 0 Å². The van der Waals surface area contributed by atoms with E-state index >= 15 is 0 Å². The molecule has 0 unspecified atom stereocenters. The highest BCUT2D eigenvalue weighted by Gasteiger charge is 2.21. The fraction of sp³-hybridized carbons (Fsp3) is 0.438. The van der Waals surface area contributed by atoms with E-state index in [4.69, 9.17) is 4.98 Å². The van der Waals surface area contributed by atoms with Crippen molar-refractivity contribution in [3.8, 4) is 0 Å². The first kappa shape index (κ1) is 15.4. The summed E-state index contributed by atoms with van der Waals surface area (Å²) in [6, 6.07) is 12.2. The number of hydrogen-bond donors (Lipinski definition) is 0. The molecule has 1 fully saturated rings. The van der Waals surface area contributed by atoms with Crippen LogP contribution < -0.4 is 0 Å². The number of para-hydroxylation sites is 1. The van der Waals surface area contributed by atoms with Crippen LogP contribution >= 0.6 is 0 Å². The second-order valence-corrected chi connectivity index (χ2v) is 7.77.